The van der Waals surface area contributed by atoms with Gasteiger partial charge in [-0.1, -0.05) is 12.6 Å². The number of rotatable bonds is 5. The number of carbonyl (C=O) groups excluding carboxylic acids is 1. The van der Waals surface area contributed by atoms with E-state index in [9.17, 15) is 4.79 Å². The SMILES string of the molecule is C=C(C#N)C(OC(C)=O)c1ccc(OC)c(OC)c1. The van der Waals surface area contributed by atoms with Gasteiger partial charge in [0.2, 0.25) is 0 Å². The first-order chi connectivity index (χ1) is 9.03. The standard InChI is InChI=1S/C14H15NO4/c1-9(8-15)14(19-10(2)16)11-5-6-12(17-3)13(7-11)18-4/h5-7,14H,1H2,2-4H3. The molecule has 0 amide bonds. The van der Waals surface area contributed by atoms with Crippen LogP contribution in [0.2, 0.25) is 0 Å². The Morgan fingerprint density at radius 1 is 1.32 bits per heavy atom. The first kappa shape index (κ1) is 14.6. The molecule has 0 fully saturated rings. The highest BCUT2D eigenvalue weighted by atomic mass is 16.5. The Labute approximate surface area is 112 Å². The molecule has 1 atom stereocenters. The Balaban J connectivity index is 3.19. The Kier molecular flexibility index (Phi) is 4.95. The predicted molar refractivity (Wildman–Crippen MR) is 68.8 cm³/mol. The molecule has 0 aliphatic carbocycles. The molecule has 0 bridgehead atoms. The third kappa shape index (κ3) is 3.49. The quantitative estimate of drug-likeness (QED) is 0.601. The van der Waals surface area contributed by atoms with E-state index in [-0.39, 0.29) is 5.57 Å². The summed E-state index contributed by atoms with van der Waals surface area (Å²) in [6.07, 6.45) is -0.817. The molecule has 0 spiro atoms. The summed E-state index contributed by atoms with van der Waals surface area (Å²) in [7, 11) is 3.02. The summed E-state index contributed by atoms with van der Waals surface area (Å²) in [4.78, 5) is 11.1. The zero-order chi connectivity index (χ0) is 14.4. The van der Waals surface area contributed by atoms with E-state index in [1.54, 1.807) is 18.2 Å². The lowest BCUT2D eigenvalue weighted by Crippen LogP contribution is -2.10. The number of nitrogens with zero attached hydrogens (tertiary/aromatic N) is 1. The average Bonchev–Trinajstić information content (AvgIpc) is 2.42. The van der Waals surface area contributed by atoms with Crippen molar-refractivity contribution in [2.75, 3.05) is 14.2 Å². The maximum atomic E-state index is 11.1. The molecule has 0 aromatic heterocycles. The summed E-state index contributed by atoms with van der Waals surface area (Å²) >= 11 is 0. The molecule has 5 heteroatoms. The second-order valence-corrected chi connectivity index (χ2v) is 3.74. The Hall–Kier alpha value is -2.48. The van der Waals surface area contributed by atoms with Crippen LogP contribution in [0.25, 0.3) is 0 Å². The summed E-state index contributed by atoms with van der Waals surface area (Å²) in [5.74, 6) is 0.550. The van der Waals surface area contributed by atoms with Crippen LogP contribution >= 0.6 is 0 Å². The molecule has 0 radical (unpaired) electrons. The number of nitriles is 1. The summed E-state index contributed by atoms with van der Waals surface area (Å²) in [5.41, 5.74) is 0.738. The number of methoxy groups -OCH3 is 2. The van der Waals surface area contributed by atoms with E-state index < -0.39 is 12.1 Å². The van der Waals surface area contributed by atoms with Crippen LogP contribution in [-0.4, -0.2) is 20.2 Å². The number of hydrogen-bond acceptors (Lipinski definition) is 5. The van der Waals surface area contributed by atoms with Gasteiger partial charge < -0.3 is 14.2 Å². The van der Waals surface area contributed by atoms with Crippen LogP contribution in [0.3, 0.4) is 0 Å². The van der Waals surface area contributed by atoms with Gasteiger partial charge in [0.15, 0.2) is 17.6 Å². The summed E-state index contributed by atoms with van der Waals surface area (Å²) in [6.45, 7) is 4.87. The third-order valence-electron chi connectivity index (χ3n) is 2.45. The fourth-order valence-corrected chi connectivity index (χ4v) is 1.58. The van der Waals surface area contributed by atoms with E-state index in [1.165, 1.54) is 21.1 Å². The molecule has 19 heavy (non-hydrogen) atoms. The van der Waals surface area contributed by atoms with E-state index in [2.05, 4.69) is 6.58 Å². The molecule has 0 saturated carbocycles. The monoisotopic (exact) mass is 261 g/mol. The fraction of sp³-hybridized carbons (Fsp3) is 0.286. The molecule has 1 aromatic rings. The van der Waals surface area contributed by atoms with Crippen molar-refractivity contribution >= 4 is 5.97 Å². The van der Waals surface area contributed by atoms with Crippen molar-refractivity contribution in [2.24, 2.45) is 0 Å². The highest BCUT2D eigenvalue weighted by Gasteiger charge is 2.20. The minimum Gasteiger partial charge on any atom is -0.493 e. The lowest BCUT2D eigenvalue weighted by molar-refractivity contribution is -0.144. The van der Waals surface area contributed by atoms with Crippen LogP contribution in [0.5, 0.6) is 11.5 Å². The maximum absolute atomic E-state index is 11.1. The van der Waals surface area contributed by atoms with E-state index in [0.717, 1.165) is 0 Å². The van der Waals surface area contributed by atoms with Gasteiger partial charge in [-0.15, -0.1) is 0 Å². The minimum absolute atomic E-state index is 0.141. The Morgan fingerprint density at radius 2 is 1.95 bits per heavy atom. The van der Waals surface area contributed by atoms with E-state index in [4.69, 9.17) is 19.5 Å². The second kappa shape index (κ2) is 6.45. The Bertz CT molecular complexity index is 531. The van der Waals surface area contributed by atoms with Gasteiger partial charge in [-0.05, 0) is 12.1 Å². The number of ether oxygens (including phenoxy) is 3. The lowest BCUT2D eigenvalue weighted by atomic mass is 10.0. The van der Waals surface area contributed by atoms with Gasteiger partial charge in [0.25, 0.3) is 0 Å². The van der Waals surface area contributed by atoms with Gasteiger partial charge in [-0.3, -0.25) is 4.79 Å². The normalized spacial score (nSPS) is 11.1. The summed E-state index contributed by atoms with van der Waals surface area (Å²) < 4.78 is 15.4. The molecule has 0 heterocycles. The van der Waals surface area contributed by atoms with Crippen LogP contribution in [0, 0.1) is 11.3 Å². The van der Waals surface area contributed by atoms with Crippen LogP contribution in [-0.2, 0) is 9.53 Å². The van der Waals surface area contributed by atoms with Gasteiger partial charge in [-0.25, -0.2) is 0 Å². The fourth-order valence-electron chi connectivity index (χ4n) is 1.58. The third-order valence-corrected chi connectivity index (χ3v) is 2.45. The van der Waals surface area contributed by atoms with Crippen molar-refractivity contribution in [3.63, 3.8) is 0 Å². The van der Waals surface area contributed by atoms with Gasteiger partial charge in [0, 0.05) is 12.5 Å². The van der Waals surface area contributed by atoms with Gasteiger partial charge >= 0.3 is 5.97 Å². The highest BCUT2D eigenvalue weighted by Crippen LogP contribution is 2.33. The number of benzene rings is 1. The largest absolute Gasteiger partial charge is 0.493 e. The van der Waals surface area contributed by atoms with Gasteiger partial charge in [-0.2, -0.15) is 5.26 Å². The second-order valence-electron chi connectivity index (χ2n) is 3.74. The molecule has 1 unspecified atom stereocenters. The molecular formula is C14H15NO4. The molecule has 5 nitrogen and oxygen atoms in total. The average molecular weight is 261 g/mol. The maximum Gasteiger partial charge on any atom is 0.303 e. The minimum atomic E-state index is -0.817. The number of esters is 1. The molecular weight excluding hydrogens is 246 g/mol. The zero-order valence-corrected chi connectivity index (χ0v) is 11.1. The molecule has 0 aliphatic rings. The topological polar surface area (TPSA) is 68.5 Å². The van der Waals surface area contributed by atoms with Crippen LogP contribution in [0.4, 0.5) is 0 Å². The molecule has 100 valence electrons. The smallest absolute Gasteiger partial charge is 0.303 e. The number of hydrogen-bond donors (Lipinski definition) is 0. The van der Waals surface area contributed by atoms with E-state index >= 15 is 0 Å². The van der Waals surface area contributed by atoms with Crippen molar-refractivity contribution in [1.29, 1.82) is 5.26 Å². The van der Waals surface area contributed by atoms with Gasteiger partial charge in [0.1, 0.15) is 0 Å². The molecule has 1 rings (SSSR count). The lowest BCUT2D eigenvalue weighted by Gasteiger charge is -2.17. The summed E-state index contributed by atoms with van der Waals surface area (Å²) in [6, 6.07) is 6.91. The van der Waals surface area contributed by atoms with Crippen LogP contribution < -0.4 is 9.47 Å². The van der Waals surface area contributed by atoms with Crippen molar-refractivity contribution < 1.29 is 19.0 Å². The first-order valence-corrected chi connectivity index (χ1v) is 5.51. The van der Waals surface area contributed by atoms with Crippen molar-refractivity contribution in [2.45, 2.75) is 13.0 Å². The van der Waals surface area contributed by atoms with Crippen molar-refractivity contribution in [1.82, 2.24) is 0 Å². The van der Waals surface area contributed by atoms with E-state index in [1.807, 2.05) is 6.07 Å². The van der Waals surface area contributed by atoms with E-state index in [0.29, 0.717) is 17.1 Å². The van der Waals surface area contributed by atoms with Crippen LogP contribution in [0.1, 0.15) is 18.6 Å². The Morgan fingerprint density at radius 3 is 2.42 bits per heavy atom. The zero-order valence-electron chi connectivity index (χ0n) is 11.1. The highest BCUT2D eigenvalue weighted by molar-refractivity contribution is 5.67. The molecule has 0 N–H and O–H groups in total. The molecule has 1 aromatic carbocycles. The van der Waals surface area contributed by atoms with Crippen molar-refractivity contribution in [3.05, 3.63) is 35.9 Å². The molecule has 0 aliphatic heterocycles. The summed E-state index contributed by atoms with van der Waals surface area (Å²) in [5, 5.41) is 8.91. The predicted octanol–water partition coefficient (Wildman–Crippen LogP) is 2.39. The number of carbonyl (C=O) groups is 1. The van der Waals surface area contributed by atoms with Crippen LogP contribution in [0.15, 0.2) is 30.4 Å². The van der Waals surface area contributed by atoms with Crippen molar-refractivity contribution in [3.8, 4) is 17.6 Å². The van der Waals surface area contributed by atoms with Gasteiger partial charge in [0.05, 0.1) is 25.9 Å². The molecule has 0 saturated heterocycles. The first-order valence-electron chi connectivity index (χ1n) is 5.51.